The van der Waals surface area contributed by atoms with Crippen molar-refractivity contribution in [1.82, 2.24) is 14.9 Å². The summed E-state index contributed by atoms with van der Waals surface area (Å²) in [6, 6.07) is 3.17. The van der Waals surface area contributed by atoms with Crippen LogP contribution in [0.1, 0.15) is 32.0 Å². The second-order valence-electron chi connectivity index (χ2n) is 5.75. The normalized spacial score (nSPS) is 12.1. The number of aromatic nitrogens is 3. The van der Waals surface area contributed by atoms with Gasteiger partial charge >= 0.3 is 0 Å². The minimum absolute atomic E-state index is 0.0634. The summed E-state index contributed by atoms with van der Waals surface area (Å²) >= 11 is 23.2. The van der Waals surface area contributed by atoms with Gasteiger partial charge in [-0.3, -0.25) is 9.89 Å². The Morgan fingerprint density at radius 2 is 1.87 bits per heavy atom. The Morgan fingerprint density at radius 1 is 1.26 bits per heavy atom. The molecule has 1 aromatic heterocycles. The van der Waals surface area contributed by atoms with E-state index in [1.165, 1.54) is 6.21 Å². The maximum atomic E-state index is 12.5. The molecule has 0 aliphatic heterocycles. The van der Waals surface area contributed by atoms with Crippen molar-refractivity contribution in [3.63, 3.8) is 0 Å². The van der Waals surface area contributed by atoms with E-state index in [1.54, 1.807) is 12.1 Å². The quantitative estimate of drug-likeness (QED) is 0.467. The number of halogens is 3. The predicted octanol–water partition coefficient (Wildman–Crippen LogP) is 4.44. The molecule has 0 saturated heterocycles. The molecule has 0 spiro atoms. The number of aromatic amines is 1. The lowest BCUT2D eigenvalue weighted by atomic mass is 9.93. The van der Waals surface area contributed by atoms with E-state index >= 15 is 0 Å². The lowest BCUT2D eigenvalue weighted by Gasteiger charge is -2.16. The molecule has 1 aromatic carbocycles. The van der Waals surface area contributed by atoms with Gasteiger partial charge in [0.05, 0.1) is 21.3 Å². The van der Waals surface area contributed by atoms with E-state index in [0.717, 1.165) is 4.68 Å². The van der Waals surface area contributed by atoms with Gasteiger partial charge in [0.2, 0.25) is 4.77 Å². The third kappa shape index (κ3) is 3.83. The van der Waals surface area contributed by atoms with Gasteiger partial charge in [-0.1, -0.05) is 55.6 Å². The largest absolute Gasteiger partial charge is 0.297 e. The van der Waals surface area contributed by atoms with E-state index in [-0.39, 0.29) is 9.79 Å². The molecule has 9 heteroatoms. The number of hydrogen-bond acceptors (Lipinski definition) is 4. The zero-order chi connectivity index (χ0) is 17.4. The van der Waals surface area contributed by atoms with Gasteiger partial charge in [-0.05, 0) is 24.4 Å². The second kappa shape index (κ2) is 6.73. The lowest BCUT2D eigenvalue weighted by molar-refractivity contribution is 0.529. The van der Waals surface area contributed by atoms with Gasteiger partial charge in [0.25, 0.3) is 5.56 Å². The molecule has 2 aromatic rings. The first-order valence-corrected chi connectivity index (χ1v) is 8.07. The maximum Gasteiger partial charge on any atom is 0.297 e. The molecule has 1 heterocycles. The third-order valence-electron chi connectivity index (χ3n) is 2.94. The van der Waals surface area contributed by atoms with E-state index in [0.29, 0.717) is 21.3 Å². The highest BCUT2D eigenvalue weighted by atomic mass is 35.5. The smallest absolute Gasteiger partial charge is 0.265 e. The Hall–Kier alpha value is -1.21. The number of nitrogens with one attached hydrogen (secondary N) is 1. The predicted molar refractivity (Wildman–Crippen MR) is 96.8 cm³/mol. The van der Waals surface area contributed by atoms with Crippen molar-refractivity contribution in [2.45, 2.75) is 26.2 Å². The average Bonchev–Trinajstić information content (AvgIpc) is 2.44. The van der Waals surface area contributed by atoms with Crippen LogP contribution < -0.4 is 5.56 Å². The molecule has 1 N–H and O–H groups in total. The number of nitrogens with zero attached hydrogens (tertiary/aromatic N) is 3. The Bertz CT molecular complexity index is 896. The van der Waals surface area contributed by atoms with Crippen LogP contribution in [0.3, 0.4) is 0 Å². The second-order valence-corrected chi connectivity index (χ2v) is 7.32. The molecule has 23 heavy (non-hydrogen) atoms. The van der Waals surface area contributed by atoms with Gasteiger partial charge in [0, 0.05) is 11.0 Å². The van der Waals surface area contributed by atoms with Crippen molar-refractivity contribution in [1.29, 1.82) is 0 Å². The molecule has 2 rings (SSSR count). The highest BCUT2D eigenvalue weighted by Gasteiger charge is 2.21. The summed E-state index contributed by atoms with van der Waals surface area (Å²) in [5, 5.41) is 11.6. The maximum absolute atomic E-state index is 12.5. The number of benzene rings is 1. The van der Waals surface area contributed by atoms with Crippen LogP contribution in [0.5, 0.6) is 0 Å². The van der Waals surface area contributed by atoms with Crippen molar-refractivity contribution < 1.29 is 0 Å². The van der Waals surface area contributed by atoms with Crippen molar-refractivity contribution in [3.8, 4) is 0 Å². The van der Waals surface area contributed by atoms with Gasteiger partial charge < -0.3 is 0 Å². The van der Waals surface area contributed by atoms with Gasteiger partial charge in [-0.2, -0.15) is 14.9 Å². The zero-order valence-corrected chi connectivity index (χ0v) is 15.6. The summed E-state index contributed by atoms with van der Waals surface area (Å²) in [6.07, 6.45) is 1.34. The van der Waals surface area contributed by atoms with E-state index in [2.05, 4.69) is 15.3 Å². The first kappa shape index (κ1) is 18.1. The monoisotopic (exact) mass is 390 g/mol. The Labute approximate surface area is 152 Å². The summed E-state index contributed by atoms with van der Waals surface area (Å²) in [7, 11) is 0. The molecule has 0 aliphatic rings. The molecule has 0 bridgehead atoms. The van der Waals surface area contributed by atoms with Crippen LogP contribution in [-0.2, 0) is 5.41 Å². The van der Waals surface area contributed by atoms with Gasteiger partial charge in [0.15, 0.2) is 0 Å². The number of rotatable bonds is 2. The van der Waals surface area contributed by atoms with Crippen molar-refractivity contribution >= 4 is 53.2 Å². The average molecular weight is 392 g/mol. The van der Waals surface area contributed by atoms with Gasteiger partial charge in [-0.25, -0.2) is 0 Å². The summed E-state index contributed by atoms with van der Waals surface area (Å²) in [6.45, 7) is 5.60. The molecule has 0 fully saturated rings. The van der Waals surface area contributed by atoms with Crippen molar-refractivity contribution in [2.24, 2.45) is 5.10 Å². The number of H-pyrrole nitrogens is 1. The minimum Gasteiger partial charge on any atom is -0.265 e. The molecular weight excluding hydrogens is 379 g/mol. The van der Waals surface area contributed by atoms with Crippen molar-refractivity contribution in [2.75, 3.05) is 0 Å². The minimum atomic E-state index is -0.459. The summed E-state index contributed by atoms with van der Waals surface area (Å²) < 4.78 is 1.10. The van der Waals surface area contributed by atoms with E-state index < -0.39 is 11.0 Å². The Kier molecular flexibility index (Phi) is 5.30. The SMILES string of the molecule is CC(C)(C)c1n[nH]c(=S)n(/N=C\c2c(Cl)ccc(Cl)c2Cl)c1=O. The molecule has 0 aliphatic carbocycles. The first-order chi connectivity index (χ1) is 10.6. The highest BCUT2D eigenvalue weighted by Crippen LogP contribution is 2.30. The van der Waals surface area contributed by atoms with Crippen LogP contribution in [0.2, 0.25) is 15.1 Å². The summed E-state index contributed by atoms with van der Waals surface area (Å²) in [4.78, 5) is 12.5. The van der Waals surface area contributed by atoms with Crippen LogP contribution in [0.4, 0.5) is 0 Å². The Morgan fingerprint density at radius 3 is 2.48 bits per heavy atom. The molecule has 5 nitrogen and oxygen atoms in total. The molecule has 0 amide bonds. The van der Waals surface area contributed by atoms with Crippen LogP contribution in [0.15, 0.2) is 22.0 Å². The fourth-order valence-corrected chi connectivity index (χ4v) is 2.57. The molecule has 0 unspecified atom stereocenters. The van der Waals surface area contributed by atoms with Crippen LogP contribution in [0, 0.1) is 4.77 Å². The molecule has 0 atom stereocenters. The number of hydrogen-bond donors (Lipinski definition) is 1. The zero-order valence-electron chi connectivity index (χ0n) is 12.5. The fourth-order valence-electron chi connectivity index (χ4n) is 1.76. The third-order valence-corrected chi connectivity index (χ3v) is 4.36. The van der Waals surface area contributed by atoms with Crippen molar-refractivity contribution in [3.05, 3.63) is 53.6 Å². The van der Waals surface area contributed by atoms with Gasteiger partial charge in [0.1, 0.15) is 5.69 Å². The molecular formula is C14H13Cl3N4OS. The van der Waals surface area contributed by atoms with E-state index in [1.807, 2.05) is 20.8 Å². The van der Waals surface area contributed by atoms with Gasteiger partial charge in [-0.15, -0.1) is 0 Å². The van der Waals surface area contributed by atoms with Crippen LogP contribution in [0.25, 0.3) is 0 Å². The fraction of sp³-hybridized carbons (Fsp3) is 0.286. The van der Waals surface area contributed by atoms with E-state index in [4.69, 9.17) is 47.0 Å². The van der Waals surface area contributed by atoms with Crippen LogP contribution >= 0.6 is 47.0 Å². The lowest BCUT2D eigenvalue weighted by Crippen LogP contribution is -2.32. The summed E-state index contributed by atoms with van der Waals surface area (Å²) in [5.41, 5.74) is -0.159. The standard InChI is InChI=1S/C14H13Cl3N4OS/c1-14(2,3)11-12(22)21(13(23)20-19-11)18-6-7-8(15)4-5-9(16)10(7)17/h4-6H,1-3H3,(H,20,23)/b18-6-. The molecule has 0 saturated carbocycles. The topological polar surface area (TPSA) is 63.0 Å². The first-order valence-electron chi connectivity index (χ1n) is 6.53. The summed E-state index contributed by atoms with van der Waals surface area (Å²) in [5.74, 6) is 0. The molecule has 122 valence electrons. The van der Waals surface area contributed by atoms with Crippen LogP contribution in [-0.4, -0.2) is 21.1 Å². The highest BCUT2D eigenvalue weighted by molar-refractivity contribution is 7.71. The van der Waals surface area contributed by atoms with E-state index in [9.17, 15) is 4.79 Å². The molecule has 0 radical (unpaired) electrons. The Balaban J connectivity index is 2.60.